The molecule has 0 fully saturated rings. The van der Waals surface area contributed by atoms with Gasteiger partial charge in [0.15, 0.2) is 5.69 Å². The van der Waals surface area contributed by atoms with Gasteiger partial charge >= 0.3 is 0 Å². The molecule has 2 heterocycles. The summed E-state index contributed by atoms with van der Waals surface area (Å²) < 4.78 is 1.79. The van der Waals surface area contributed by atoms with Gasteiger partial charge in [-0.15, -0.1) is 0 Å². The number of amides is 1. The molecule has 0 saturated carbocycles. The minimum atomic E-state index is -0.202. The second-order valence-corrected chi connectivity index (χ2v) is 5.86. The van der Waals surface area contributed by atoms with Gasteiger partial charge in [0, 0.05) is 11.9 Å². The van der Waals surface area contributed by atoms with Crippen molar-refractivity contribution in [2.45, 2.75) is 27.3 Å². The van der Waals surface area contributed by atoms with Gasteiger partial charge in [0.05, 0.1) is 17.9 Å². The fourth-order valence-electron chi connectivity index (χ4n) is 2.47. The van der Waals surface area contributed by atoms with E-state index < -0.39 is 0 Å². The second kappa shape index (κ2) is 6.66. The summed E-state index contributed by atoms with van der Waals surface area (Å²) in [4.78, 5) is 16.5. The number of nitrogens with zero attached hydrogens (tertiary/aromatic N) is 3. The first-order valence-corrected chi connectivity index (χ1v) is 7.87. The molecule has 0 spiro atoms. The molecule has 5 heteroatoms. The largest absolute Gasteiger partial charge is 0.345 e. The average Bonchev–Trinajstić information content (AvgIpc) is 2.98. The van der Waals surface area contributed by atoms with Gasteiger partial charge in [0.25, 0.3) is 5.91 Å². The van der Waals surface area contributed by atoms with E-state index in [2.05, 4.69) is 41.4 Å². The molecule has 24 heavy (non-hydrogen) atoms. The Morgan fingerprint density at radius 1 is 1.08 bits per heavy atom. The Labute approximate surface area is 141 Å². The summed E-state index contributed by atoms with van der Waals surface area (Å²) in [5.41, 5.74) is 5.53. The smallest absolute Gasteiger partial charge is 0.272 e. The number of carbonyl (C=O) groups excluding carboxylic acids is 1. The van der Waals surface area contributed by atoms with Crippen LogP contribution in [-0.4, -0.2) is 20.7 Å². The molecule has 122 valence electrons. The van der Waals surface area contributed by atoms with Crippen LogP contribution in [0.1, 0.15) is 33.0 Å². The van der Waals surface area contributed by atoms with E-state index in [0.29, 0.717) is 12.2 Å². The molecule has 1 amide bonds. The molecule has 0 aliphatic carbocycles. The number of benzene rings is 1. The lowest BCUT2D eigenvalue weighted by molar-refractivity contribution is 0.0945. The maximum Gasteiger partial charge on any atom is 0.272 e. The Kier molecular flexibility index (Phi) is 4.42. The molecular formula is C19H20N4O. The van der Waals surface area contributed by atoms with Gasteiger partial charge in [-0.3, -0.25) is 9.78 Å². The lowest BCUT2D eigenvalue weighted by Gasteiger charge is -2.07. The molecule has 2 aromatic heterocycles. The molecule has 0 saturated heterocycles. The third-order valence-electron chi connectivity index (χ3n) is 4.01. The van der Waals surface area contributed by atoms with Crippen LogP contribution in [0.2, 0.25) is 0 Å². The van der Waals surface area contributed by atoms with Gasteiger partial charge < -0.3 is 5.32 Å². The predicted octanol–water partition coefficient (Wildman–Crippen LogP) is 3.12. The number of hydrogen-bond acceptors (Lipinski definition) is 3. The molecule has 0 aliphatic rings. The van der Waals surface area contributed by atoms with E-state index >= 15 is 0 Å². The van der Waals surface area contributed by atoms with Crippen LogP contribution < -0.4 is 5.32 Å². The van der Waals surface area contributed by atoms with E-state index in [0.717, 1.165) is 17.1 Å². The van der Waals surface area contributed by atoms with E-state index in [1.165, 1.54) is 11.1 Å². The number of aryl methyl sites for hydroxylation is 3. The number of rotatable bonds is 4. The number of carbonyl (C=O) groups is 1. The lowest BCUT2D eigenvalue weighted by Crippen LogP contribution is -2.23. The highest BCUT2D eigenvalue weighted by Gasteiger charge is 2.13. The topological polar surface area (TPSA) is 59.8 Å². The first kappa shape index (κ1) is 15.9. The molecule has 0 atom stereocenters. The molecule has 0 aliphatic heterocycles. The molecule has 5 nitrogen and oxygen atoms in total. The van der Waals surface area contributed by atoms with Crippen LogP contribution in [0.15, 0.2) is 48.7 Å². The Balaban J connectivity index is 1.78. The van der Waals surface area contributed by atoms with Crippen molar-refractivity contribution in [3.05, 3.63) is 76.9 Å². The summed E-state index contributed by atoms with van der Waals surface area (Å²) in [6.45, 7) is 6.47. The Morgan fingerprint density at radius 3 is 2.62 bits per heavy atom. The second-order valence-electron chi connectivity index (χ2n) is 5.86. The van der Waals surface area contributed by atoms with E-state index in [1.54, 1.807) is 16.9 Å². The Hall–Kier alpha value is -2.95. The number of nitrogens with one attached hydrogen (secondary N) is 1. The summed E-state index contributed by atoms with van der Waals surface area (Å²) in [5.74, 6) is -0.202. The predicted molar refractivity (Wildman–Crippen MR) is 93.2 cm³/mol. The first-order chi connectivity index (χ1) is 11.5. The number of aromatic nitrogens is 3. The first-order valence-electron chi connectivity index (χ1n) is 7.87. The van der Waals surface area contributed by atoms with Crippen LogP contribution in [0.3, 0.4) is 0 Å². The average molecular weight is 320 g/mol. The van der Waals surface area contributed by atoms with Crippen LogP contribution >= 0.6 is 0 Å². The van der Waals surface area contributed by atoms with E-state index in [4.69, 9.17) is 0 Å². The summed E-state index contributed by atoms with van der Waals surface area (Å²) in [6, 6.07) is 13.6. The van der Waals surface area contributed by atoms with Gasteiger partial charge in [0.1, 0.15) is 0 Å². The molecule has 0 bridgehead atoms. The molecule has 3 rings (SSSR count). The van der Waals surface area contributed by atoms with Crippen molar-refractivity contribution in [3.8, 4) is 5.69 Å². The zero-order valence-electron chi connectivity index (χ0n) is 14.1. The Bertz CT molecular complexity index is 868. The molecule has 0 radical (unpaired) electrons. The van der Waals surface area contributed by atoms with Crippen molar-refractivity contribution in [1.82, 2.24) is 20.1 Å². The fraction of sp³-hybridized carbons (Fsp3) is 0.211. The van der Waals surface area contributed by atoms with E-state index in [-0.39, 0.29) is 5.91 Å². The highest BCUT2D eigenvalue weighted by Crippen LogP contribution is 2.16. The zero-order valence-corrected chi connectivity index (χ0v) is 14.1. The van der Waals surface area contributed by atoms with Gasteiger partial charge in [-0.2, -0.15) is 5.10 Å². The van der Waals surface area contributed by atoms with Crippen molar-refractivity contribution >= 4 is 5.91 Å². The fourth-order valence-corrected chi connectivity index (χ4v) is 2.47. The monoisotopic (exact) mass is 320 g/mol. The Morgan fingerprint density at radius 2 is 1.92 bits per heavy atom. The van der Waals surface area contributed by atoms with Crippen molar-refractivity contribution in [1.29, 1.82) is 0 Å². The van der Waals surface area contributed by atoms with Crippen LogP contribution in [0.25, 0.3) is 5.69 Å². The zero-order chi connectivity index (χ0) is 17.1. The van der Waals surface area contributed by atoms with E-state index in [1.807, 2.05) is 31.2 Å². The van der Waals surface area contributed by atoms with Gasteiger partial charge in [-0.25, -0.2) is 4.68 Å². The molecular weight excluding hydrogens is 300 g/mol. The van der Waals surface area contributed by atoms with Crippen molar-refractivity contribution in [2.75, 3.05) is 0 Å². The maximum absolute atomic E-state index is 12.3. The van der Waals surface area contributed by atoms with Gasteiger partial charge in [-0.05, 0) is 62.2 Å². The number of pyridine rings is 1. The van der Waals surface area contributed by atoms with Crippen LogP contribution in [0.4, 0.5) is 0 Å². The van der Waals surface area contributed by atoms with Gasteiger partial charge in [0.2, 0.25) is 0 Å². The van der Waals surface area contributed by atoms with E-state index in [9.17, 15) is 4.79 Å². The third kappa shape index (κ3) is 3.35. The summed E-state index contributed by atoms with van der Waals surface area (Å²) >= 11 is 0. The summed E-state index contributed by atoms with van der Waals surface area (Å²) in [6.07, 6.45) is 1.71. The van der Waals surface area contributed by atoms with Crippen molar-refractivity contribution < 1.29 is 4.79 Å². The SMILES string of the molecule is Cc1ccc(-n2nc(C(=O)NCc3ccccn3)cc2C)cc1C. The standard InChI is InChI=1S/C19H20N4O/c1-13-7-8-17(10-14(13)2)23-15(3)11-18(22-23)19(24)21-12-16-6-4-5-9-20-16/h4-11H,12H2,1-3H3,(H,21,24). The number of hydrogen-bond donors (Lipinski definition) is 1. The van der Waals surface area contributed by atoms with Crippen LogP contribution in [-0.2, 0) is 6.54 Å². The highest BCUT2D eigenvalue weighted by atomic mass is 16.1. The molecule has 3 aromatic rings. The van der Waals surface area contributed by atoms with Crippen LogP contribution in [0, 0.1) is 20.8 Å². The molecule has 0 unspecified atom stereocenters. The summed E-state index contributed by atoms with van der Waals surface area (Å²) in [5, 5.41) is 7.30. The van der Waals surface area contributed by atoms with Crippen LogP contribution in [0.5, 0.6) is 0 Å². The quantitative estimate of drug-likeness (QED) is 0.803. The minimum Gasteiger partial charge on any atom is -0.345 e. The summed E-state index contributed by atoms with van der Waals surface area (Å²) in [7, 11) is 0. The van der Waals surface area contributed by atoms with Gasteiger partial charge in [-0.1, -0.05) is 12.1 Å². The normalized spacial score (nSPS) is 10.6. The molecule has 1 N–H and O–H groups in total. The molecule has 1 aromatic carbocycles. The maximum atomic E-state index is 12.3. The van der Waals surface area contributed by atoms with Crippen molar-refractivity contribution in [2.24, 2.45) is 0 Å². The lowest BCUT2D eigenvalue weighted by atomic mass is 10.1. The minimum absolute atomic E-state index is 0.202. The third-order valence-corrected chi connectivity index (χ3v) is 4.01. The van der Waals surface area contributed by atoms with Crippen molar-refractivity contribution in [3.63, 3.8) is 0 Å². The highest BCUT2D eigenvalue weighted by molar-refractivity contribution is 5.92.